The molecule has 18 nitrogen and oxygen atoms in total. The van der Waals surface area contributed by atoms with Gasteiger partial charge >= 0.3 is 5.97 Å². The number of aliphatic carboxylic acids is 1. The number of hydrogen-bond acceptors (Lipinski definition) is 9. The Balaban J connectivity index is 3.02. The van der Waals surface area contributed by atoms with Crippen LogP contribution >= 0.6 is 0 Å². The lowest BCUT2D eigenvalue weighted by molar-refractivity contribution is -0.142. The molecule has 0 aliphatic carbocycles. The molecule has 0 aliphatic rings. The molecule has 0 spiro atoms. The van der Waals surface area contributed by atoms with Gasteiger partial charge in [0.1, 0.15) is 24.2 Å². The van der Waals surface area contributed by atoms with Crippen molar-refractivity contribution in [3.63, 3.8) is 0 Å². The van der Waals surface area contributed by atoms with E-state index in [1.807, 2.05) is 0 Å². The van der Waals surface area contributed by atoms with Crippen LogP contribution in [0.2, 0.25) is 0 Å². The zero-order valence-electron chi connectivity index (χ0n) is 25.6. The highest BCUT2D eigenvalue weighted by Gasteiger charge is 2.30. The van der Waals surface area contributed by atoms with E-state index in [1.54, 1.807) is 30.3 Å². The van der Waals surface area contributed by atoms with Crippen molar-refractivity contribution in [3.8, 4) is 0 Å². The van der Waals surface area contributed by atoms with E-state index in [2.05, 4.69) is 26.3 Å². The van der Waals surface area contributed by atoms with Crippen LogP contribution in [-0.2, 0) is 40.0 Å². The van der Waals surface area contributed by atoms with Crippen molar-refractivity contribution in [1.29, 1.82) is 0 Å². The molecule has 0 heterocycles. The van der Waals surface area contributed by atoms with Gasteiger partial charge in [0.15, 0.2) is 5.96 Å². The van der Waals surface area contributed by atoms with Gasteiger partial charge in [-0.05, 0) is 38.2 Å². The van der Waals surface area contributed by atoms with E-state index in [9.17, 15) is 38.7 Å². The smallest absolute Gasteiger partial charge is 0.326 e. The normalized spacial score (nSPS) is 13.9. The molecule has 0 radical (unpaired) electrons. The average Bonchev–Trinajstić information content (AvgIpc) is 2.98. The molecule has 0 aromatic heterocycles. The highest BCUT2D eigenvalue weighted by Crippen LogP contribution is 2.07. The first-order chi connectivity index (χ1) is 21.6. The van der Waals surface area contributed by atoms with Gasteiger partial charge in [0.25, 0.3) is 0 Å². The minimum atomic E-state index is -1.33. The number of nitrogens with one attached hydrogen (secondary N) is 4. The lowest BCUT2D eigenvalue weighted by Gasteiger charge is -2.25. The topological polar surface area (TPSA) is 330 Å². The van der Waals surface area contributed by atoms with E-state index in [0.717, 1.165) is 0 Å². The lowest BCUT2D eigenvalue weighted by atomic mass is 10.0. The van der Waals surface area contributed by atoms with Crippen molar-refractivity contribution in [2.24, 2.45) is 33.7 Å². The van der Waals surface area contributed by atoms with Gasteiger partial charge in [-0.15, -0.1) is 0 Å². The third-order valence-corrected chi connectivity index (χ3v) is 6.58. The Morgan fingerprint density at radius 3 is 1.80 bits per heavy atom. The van der Waals surface area contributed by atoms with Crippen molar-refractivity contribution in [1.82, 2.24) is 21.3 Å². The summed E-state index contributed by atoms with van der Waals surface area (Å²) in [6.45, 7) is 1.42. The number of carbonyl (C=O) groups is 7. The highest BCUT2D eigenvalue weighted by molar-refractivity contribution is 5.95. The van der Waals surface area contributed by atoms with E-state index in [0.29, 0.717) is 5.56 Å². The maximum atomic E-state index is 13.2. The Labute approximate surface area is 265 Å². The third kappa shape index (κ3) is 15.5. The van der Waals surface area contributed by atoms with Gasteiger partial charge in [0, 0.05) is 25.8 Å². The number of rotatable bonds is 21. The van der Waals surface area contributed by atoms with Crippen LogP contribution in [-0.4, -0.2) is 89.2 Å². The summed E-state index contributed by atoms with van der Waals surface area (Å²) in [6, 6.07) is 2.27. The zero-order chi connectivity index (χ0) is 34.8. The highest BCUT2D eigenvalue weighted by atomic mass is 16.4. The summed E-state index contributed by atoms with van der Waals surface area (Å²) in [5.74, 6) is -6.17. The van der Waals surface area contributed by atoms with Crippen molar-refractivity contribution in [2.75, 3.05) is 6.54 Å². The summed E-state index contributed by atoms with van der Waals surface area (Å²) >= 11 is 0. The van der Waals surface area contributed by atoms with Gasteiger partial charge < -0.3 is 55.0 Å². The predicted molar refractivity (Wildman–Crippen MR) is 166 cm³/mol. The first kappa shape index (κ1) is 38.8. The second-order valence-corrected chi connectivity index (χ2v) is 10.5. The molecule has 1 aromatic rings. The van der Waals surface area contributed by atoms with Crippen LogP contribution in [0.1, 0.15) is 51.0 Å². The summed E-state index contributed by atoms with van der Waals surface area (Å²) in [6.07, 6.45) is -0.570. The number of guanidine groups is 1. The van der Waals surface area contributed by atoms with Gasteiger partial charge in [0.05, 0.1) is 6.04 Å². The second-order valence-electron chi connectivity index (χ2n) is 10.5. The molecule has 1 rings (SSSR count). The van der Waals surface area contributed by atoms with E-state index >= 15 is 0 Å². The molecule has 0 saturated carbocycles. The molecule has 0 fully saturated rings. The standard InChI is InChI=1S/C28H44N10O8/c1-15(35-25(43)19(10-12-22(31)40)37-24(42)17(29)9-11-21(30)39)23(41)36-18(8-5-13-34-28(32)33)26(44)38-20(27(45)46)14-16-6-3-2-4-7-16/h2-4,6-7,15,17-20H,5,8-14,29H2,1H3,(H2,30,39)(H2,31,40)(H,35,43)(H,36,41)(H,37,42)(H,38,44)(H,45,46)(H4,32,33,34)/t15-,17-,18-,19-,20-/m0/s1. The number of carboxylic acid groups (broad SMARTS) is 1. The number of hydrogen-bond donors (Lipinski definition) is 10. The first-order valence-corrected chi connectivity index (χ1v) is 14.5. The fourth-order valence-electron chi connectivity index (χ4n) is 4.03. The number of nitrogens with two attached hydrogens (primary N) is 5. The Morgan fingerprint density at radius 1 is 0.717 bits per heavy atom. The Kier molecular flexibility index (Phi) is 16.8. The third-order valence-electron chi connectivity index (χ3n) is 6.58. The minimum Gasteiger partial charge on any atom is -0.480 e. The quantitative estimate of drug-likeness (QED) is 0.0350. The molecule has 6 amide bonds. The molecule has 1 aromatic carbocycles. The number of benzene rings is 1. The van der Waals surface area contributed by atoms with Crippen LogP contribution in [0.15, 0.2) is 35.3 Å². The average molecular weight is 649 g/mol. The fraction of sp³-hybridized carbons (Fsp3) is 0.500. The predicted octanol–water partition coefficient (Wildman–Crippen LogP) is -3.82. The maximum Gasteiger partial charge on any atom is 0.326 e. The van der Waals surface area contributed by atoms with Crippen LogP contribution < -0.4 is 49.9 Å². The van der Waals surface area contributed by atoms with E-state index in [4.69, 9.17) is 28.7 Å². The van der Waals surface area contributed by atoms with Gasteiger partial charge in [0.2, 0.25) is 35.4 Å². The summed E-state index contributed by atoms with van der Waals surface area (Å²) in [4.78, 5) is 89.9. The molecule has 0 unspecified atom stereocenters. The van der Waals surface area contributed by atoms with Gasteiger partial charge in [-0.25, -0.2) is 4.79 Å². The SMILES string of the molecule is C[C@H](NC(=O)[C@H](CCC(N)=O)NC(=O)[C@@H](N)CCC(N)=O)C(=O)N[C@@H](CCCN=C(N)N)C(=O)N[C@@H](Cc1ccccc1)C(=O)O. The fourth-order valence-corrected chi connectivity index (χ4v) is 4.03. The Hall–Kier alpha value is -5.26. The van der Waals surface area contributed by atoms with Crippen LogP contribution in [0, 0.1) is 0 Å². The molecule has 5 atom stereocenters. The van der Waals surface area contributed by atoms with Crippen molar-refractivity contribution >= 4 is 47.4 Å². The molecule has 0 saturated heterocycles. The molecule has 0 bridgehead atoms. The van der Waals surface area contributed by atoms with E-state index in [-0.39, 0.29) is 57.5 Å². The maximum absolute atomic E-state index is 13.2. The zero-order valence-corrected chi connectivity index (χ0v) is 25.6. The lowest BCUT2D eigenvalue weighted by Crippen LogP contribution is -2.58. The summed E-state index contributed by atoms with van der Waals surface area (Å²) in [5, 5.41) is 19.4. The van der Waals surface area contributed by atoms with E-state index in [1.165, 1.54) is 6.92 Å². The molecule has 15 N–H and O–H groups in total. The molecule has 0 aliphatic heterocycles. The van der Waals surface area contributed by atoms with Gasteiger partial charge in [-0.2, -0.15) is 0 Å². The second kappa shape index (κ2) is 19.9. The van der Waals surface area contributed by atoms with Gasteiger partial charge in [-0.1, -0.05) is 30.3 Å². The van der Waals surface area contributed by atoms with Crippen LogP contribution in [0.5, 0.6) is 0 Å². The number of primary amides is 2. The molecule has 46 heavy (non-hydrogen) atoms. The largest absolute Gasteiger partial charge is 0.480 e. The number of carbonyl (C=O) groups excluding carboxylic acids is 6. The number of amides is 6. The van der Waals surface area contributed by atoms with Gasteiger partial charge in [-0.3, -0.25) is 33.8 Å². The number of aliphatic imine (C=N–C) groups is 1. The minimum absolute atomic E-state index is 0.00712. The molecular weight excluding hydrogens is 604 g/mol. The Morgan fingerprint density at radius 2 is 1.24 bits per heavy atom. The molecule has 18 heteroatoms. The van der Waals surface area contributed by atoms with Crippen LogP contribution in [0.25, 0.3) is 0 Å². The summed E-state index contributed by atoms with van der Waals surface area (Å²) in [7, 11) is 0. The Bertz CT molecular complexity index is 1260. The van der Waals surface area contributed by atoms with E-state index < -0.39 is 71.6 Å². The molecule has 254 valence electrons. The van der Waals surface area contributed by atoms with Crippen molar-refractivity contribution in [3.05, 3.63) is 35.9 Å². The molecular formula is C28H44N10O8. The van der Waals surface area contributed by atoms with Crippen LogP contribution in [0.4, 0.5) is 0 Å². The first-order valence-electron chi connectivity index (χ1n) is 14.5. The summed E-state index contributed by atoms with van der Waals surface area (Å²) in [5.41, 5.74) is 27.4. The van der Waals surface area contributed by atoms with Crippen molar-refractivity contribution < 1.29 is 38.7 Å². The number of carboxylic acids is 1. The monoisotopic (exact) mass is 648 g/mol. The number of nitrogens with zero attached hydrogens (tertiary/aromatic N) is 1. The van der Waals surface area contributed by atoms with Crippen LogP contribution in [0.3, 0.4) is 0 Å². The van der Waals surface area contributed by atoms with Crippen molar-refractivity contribution in [2.45, 2.75) is 82.1 Å². The summed E-state index contributed by atoms with van der Waals surface area (Å²) < 4.78 is 0.